The Labute approximate surface area is 168 Å². The molecule has 0 aromatic heterocycles. The van der Waals surface area contributed by atoms with Crippen molar-refractivity contribution in [1.82, 2.24) is 4.90 Å². The summed E-state index contributed by atoms with van der Waals surface area (Å²) in [7, 11) is 1.57. The topological polar surface area (TPSA) is 65.1 Å². The number of thioether (sulfide) groups is 1. The second-order valence-corrected chi connectivity index (χ2v) is 6.83. The summed E-state index contributed by atoms with van der Waals surface area (Å²) < 4.78 is 16.4. The predicted octanol–water partition coefficient (Wildman–Crippen LogP) is 4.21. The number of imide groups is 1. The van der Waals surface area contributed by atoms with E-state index in [1.54, 1.807) is 25.3 Å². The first-order valence-corrected chi connectivity index (χ1v) is 9.68. The minimum Gasteiger partial charge on any atom is -0.493 e. The van der Waals surface area contributed by atoms with E-state index in [-0.39, 0.29) is 24.3 Å². The van der Waals surface area contributed by atoms with Gasteiger partial charge in [0, 0.05) is 0 Å². The maximum atomic E-state index is 12.6. The van der Waals surface area contributed by atoms with Crippen molar-refractivity contribution in [3.8, 4) is 17.2 Å². The fourth-order valence-electron chi connectivity index (χ4n) is 2.67. The molecular weight excluding hydrogens is 378 g/mol. The Bertz CT molecular complexity index is 882. The molecule has 0 aliphatic carbocycles. The molecule has 0 unspecified atom stereocenters. The van der Waals surface area contributed by atoms with Crippen molar-refractivity contribution < 1.29 is 23.8 Å². The van der Waals surface area contributed by atoms with Gasteiger partial charge in [-0.15, -0.1) is 0 Å². The average molecular weight is 399 g/mol. The summed E-state index contributed by atoms with van der Waals surface area (Å²) in [5.74, 6) is 1.59. The van der Waals surface area contributed by atoms with Crippen LogP contribution in [0.5, 0.6) is 17.2 Å². The summed E-state index contributed by atoms with van der Waals surface area (Å²) in [6.45, 7) is 2.82. The Morgan fingerprint density at radius 2 is 1.82 bits per heavy atom. The van der Waals surface area contributed by atoms with Gasteiger partial charge in [-0.1, -0.05) is 24.3 Å². The molecule has 0 bridgehead atoms. The van der Waals surface area contributed by atoms with Gasteiger partial charge in [0.05, 0.1) is 25.2 Å². The van der Waals surface area contributed by atoms with Gasteiger partial charge in [-0.3, -0.25) is 14.5 Å². The van der Waals surface area contributed by atoms with Crippen molar-refractivity contribution in [2.75, 3.05) is 26.9 Å². The number of hydrogen-bond donors (Lipinski definition) is 0. The Morgan fingerprint density at radius 3 is 2.54 bits per heavy atom. The van der Waals surface area contributed by atoms with Crippen molar-refractivity contribution in [3.05, 3.63) is 59.0 Å². The number of nitrogens with zero attached hydrogens (tertiary/aromatic N) is 1. The molecule has 1 heterocycles. The van der Waals surface area contributed by atoms with E-state index >= 15 is 0 Å². The molecule has 7 heteroatoms. The lowest BCUT2D eigenvalue weighted by Gasteiger charge is -2.13. The lowest BCUT2D eigenvalue weighted by atomic mass is 10.2. The molecule has 0 N–H and O–H groups in total. The van der Waals surface area contributed by atoms with Gasteiger partial charge in [0.1, 0.15) is 12.4 Å². The lowest BCUT2D eigenvalue weighted by Crippen LogP contribution is -2.32. The van der Waals surface area contributed by atoms with Crippen LogP contribution in [0.25, 0.3) is 6.08 Å². The predicted molar refractivity (Wildman–Crippen MR) is 109 cm³/mol. The fraction of sp³-hybridized carbons (Fsp3) is 0.238. The molecule has 3 rings (SSSR count). The SMILES string of the molecule is CCOc1cc(/C=C2\SC(=O)N(CCOc3ccccc3)C2=O)ccc1OC. The van der Waals surface area contributed by atoms with Crippen molar-refractivity contribution >= 4 is 29.0 Å². The summed E-state index contributed by atoms with van der Waals surface area (Å²) in [5, 5.41) is -0.300. The summed E-state index contributed by atoms with van der Waals surface area (Å²) in [6.07, 6.45) is 1.69. The first kappa shape index (κ1) is 19.8. The van der Waals surface area contributed by atoms with E-state index in [9.17, 15) is 9.59 Å². The molecule has 1 fully saturated rings. The molecule has 1 aliphatic heterocycles. The van der Waals surface area contributed by atoms with Crippen LogP contribution in [0.4, 0.5) is 4.79 Å². The standard InChI is InChI=1S/C21H21NO5S/c1-3-26-18-13-15(9-10-17(18)25-2)14-19-20(23)22(21(24)28-19)11-12-27-16-7-5-4-6-8-16/h4-10,13-14H,3,11-12H2,1-2H3/b19-14-. The van der Waals surface area contributed by atoms with Crippen LogP contribution in [0.3, 0.4) is 0 Å². The van der Waals surface area contributed by atoms with Gasteiger partial charge in [-0.05, 0) is 54.6 Å². The van der Waals surface area contributed by atoms with E-state index in [2.05, 4.69) is 0 Å². The molecule has 0 saturated carbocycles. The van der Waals surface area contributed by atoms with E-state index in [1.165, 1.54) is 4.90 Å². The van der Waals surface area contributed by atoms with Crippen molar-refractivity contribution in [2.45, 2.75) is 6.92 Å². The van der Waals surface area contributed by atoms with Crippen LogP contribution in [0.1, 0.15) is 12.5 Å². The van der Waals surface area contributed by atoms with E-state index in [0.717, 1.165) is 17.3 Å². The zero-order chi connectivity index (χ0) is 19.9. The van der Waals surface area contributed by atoms with Gasteiger partial charge in [0.15, 0.2) is 11.5 Å². The van der Waals surface area contributed by atoms with E-state index in [4.69, 9.17) is 14.2 Å². The minimum absolute atomic E-state index is 0.198. The fourth-order valence-corrected chi connectivity index (χ4v) is 3.53. The highest BCUT2D eigenvalue weighted by molar-refractivity contribution is 8.18. The largest absolute Gasteiger partial charge is 0.493 e. The molecule has 146 valence electrons. The monoisotopic (exact) mass is 399 g/mol. The molecule has 28 heavy (non-hydrogen) atoms. The third-order valence-corrected chi connectivity index (χ3v) is 4.89. The van der Waals surface area contributed by atoms with Gasteiger partial charge in [-0.2, -0.15) is 0 Å². The summed E-state index contributed by atoms with van der Waals surface area (Å²) >= 11 is 0.923. The molecule has 0 spiro atoms. The lowest BCUT2D eigenvalue weighted by molar-refractivity contribution is -0.123. The maximum absolute atomic E-state index is 12.6. The summed E-state index contributed by atoms with van der Waals surface area (Å²) in [4.78, 5) is 26.4. The summed E-state index contributed by atoms with van der Waals surface area (Å²) in [5.41, 5.74) is 0.760. The molecule has 1 saturated heterocycles. The van der Waals surface area contributed by atoms with Gasteiger partial charge in [-0.25, -0.2) is 0 Å². The first-order chi connectivity index (χ1) is 13.6. The highest BCUT2D eigenvalue weighted by atomic mass is 32.2. The van der Waals surface area contributed by atoms with Crippen LogP contribution >= 0.6 is 11.8 Å². The Hall–Kier alpha value is -2.93. The second kappa shape index (κ2) is 9.32. The number of carbonyl (C=O) groups excluding carboxylic acids is 2. The number of carbonyl (C=O) groups is 2. The smallest absolute Gasteiger partial charge is 0.293 e. The molecule has 2 amide bonds. The van der Waals surface area contributed by atoms with Crippen molar-refractivity contribution in [3.63, 3.8) is 0 Å². The highest BCUT2D eigenvalue weighted by Gasteiger charge is 2.34. The van der Waals surface area contributed by atoms with Gasteiger partial charge in [0.2, 0.25) is 0 Å². The zero-order valence-electron chi connectivity index (χ0n) is 15.7. The number of benzene rings is 2. The van der Waals surface area contributed by atoms with Crippen LogP contribution < -0.4 is 14.2 Å². The normalized spacial score (nSPS) is 15.2. The third kappa shape index (κ3) is 4.67. The van der Waals surface area contributed by atoms with Gasteiger partial charge in [0.25, 0.3) is 11.1 Å². The van der Waals surface area contributed by atoms with Crippen LogP contribution in [0.2, 0.25) is 0 Å². The second-order valence-electron chi connectivity index (χ2n) is 5.84. The minimum atomic E-state index is -0.319. The molecule has 2 aromatic rings. The van der Waals surface area contributed by atoms with Crippen LogP contribution in [0, 0.1) is 0 Å². The molecule has 2 aromatic carbocycles. The molecule has 0 atom stereocenters. The highest BCUT2D eigenvalue weighted by Crippen LogP contribution is 2.34. The molecule has 1 aliphatic rings. The first-order valence-electron chi connectivity index (χ1n) is 8.86. The Morgan fingerprint density at radius 1 is 1.04 bits per heavy atom. The molecule has 6 nitrogen and oxygen atoms in total. The van der Waals surface area contributed by atoms with Gasteiger partial charge >= 0.3 is 0 Å². The number of amides is 2. The summed E-state index contributed by atoms with van der Waals surface area (Å²) in [6, 6.07) is 14.6. The van der Waals surface area contributed by atoms with E-state index in [1.807, 2.05) is 43.3 Å². The van der Waals surface area contributed by atoms with E-state index < -0.39 is 0 Å². The van der Waals surface area contributed by atoms with E-state index in [0.29, 0.717) is 28.8 Å². The molecule has 0 radical (unpaired) electrons. The number of para-hydroxylation sites is 1. The van der Waals surface area contributed by atoms with Gasteiger partial charge < -0.3 is 14.2 Å². The van der Waals surface area contributed by atoms with Crippen LogP contribution in [0.15, 0.2) is 53.4 Å². The average Bonchev–Trinajstić information content (AvgIpc) is 2.97. The van der Waals surface area contributed by atoms with Crippen molar-refractivity contribution in [2.24, 2.45) is 0 Å². The van der Waals surface area contributed by atoms with Crippen molar-refractivity contribution in [1.29, 1.82) is 0 Å². The zero-order valence-corrected chi connectivity index (χ0v) is 16.5. The quantitative estimate of drug-likeness (QED) is 0.620. The number of rotatable bonds is 8. The van der Waals surface area contributed by atoms with Crippen LogP contribution in [-0.4, -0.2) is 42.9 Å². The maximum Gasteiger partial charge on any atom is 0.293 e. The number of hydrogen-bond acceptors (Lipinski definition) is 6. The number of methoxy groups -OCH3 is 1. The number of ether oxygens (including phenoxy) is 3. The van der Waals surface area contributed by atoms with Crippen LogP contribution in [-0.2, 0) is 4.79 Å². The Kier molecular flexibility index (Phi) is 6.60. The Balaban J connectivity index is 1.68. The molecular formula is C21H21NO5S. The third-order valence-electron chi connectivity index (χ3n) is 3.99.